The summed E-state index contributed by atoms with van der Waals surface area (Å²) in [7, 11) is 0. The highest BCUT2D eigenvalue weighted by Gasteiger charge is 2.15. The molecule has 0 saturated carbocycles. The molecule has 3 N–H and O–H groups in total. The minimum absolute atomic E-state index is 0.162. The number of ether oxygens (including phenoxy) is 1. The number of amides is 1. The van der Waals surface area contributed by atoms with E-state index in [9.17, 15) is 9.59 Å². The van der Waals surface area contributed by atoms with Crippen molar-refractivity contribution in [3.8, 4) is 5.75 Å². The summed E-state index contributed by atoms with van der Waals surface area (Å²) in [6, 6.07) is 2.72. The van der Waals surface area contributed by atoms with Gasteiger partial charge in [-0.15, -0.1) is 0 Å². The summed E-state index contributed by atoms with van der Waals surface area (Å²) in [5, 5.41) is 20.2. The molecule has 0 bridgehead atoms. The Morgan fingerprint density at radius 2 is 1.80 bits per heavy atom. The first-order valence-corrected chi connectivity index (χ1v) is 6.39. The van der Waals surface area contributed by atoms with Crippen molar-refractivity contribution in [3.05, 3.63) is 27.2 Å². The molecule has 9 heteroatoms. The summed E-state index contributed by atoms with van der Waals surface area (Å²) < 4.78 is 5.11. The van der Waals surface area contributed by atoms with Gasteiger partial charge in [-0.3, -0.25) is 4.79 Å². The van der Waals surface area contributed by atoms with E-state index in [1.54, 1.807) is 0 Å². The fraction of sp³-hybridized carbons (Fsp3) is 0.273. The fourth-order valence-electron chi connectivity index (χ4n) is 1.11. The van der Waals surface area contributed by atoms with E-state index in [1.165, 1.54) is 12.1 Å². The van der Waals surface area contributed by atoms with Crippen molar-refractivity contribution in [2.75, 3.05) is 13.2 Å². The number of carbonyl (C=O) groups excluding carboxylic acids is 1. The normalized spacial score (nSPS) is 11.8. The molecule has 1 aromatic rings. The Kier molecular flexibility index (Phi) is 6.35. The van der Waals surface area contributed by atoms with Gasteiger partial charge in [0.2, 0.25) is 0 Å². The third kappa shape index (κ3) is 5.05. The van der Waals surface area contributed by atoms with Crippen LogP contribution in [0.1, 0.15) is 0 Å². The molecule has 20 heavy (non-hydrogen) atoms. The van der Waals surface area contributed by atoms with E-state index < -0.39 is 31.1 Å². The lowest BCUT2D eigenvalue weighted by molar-refractivity contribution is -0.146. The van der Waals surface area contributed by atoms with Gasteiger partial charge in [0.15, 0.2) is 12.7 Å². The molecule has 0 radical (unpaired) electrons. The van der Waals surface area contributed by atoms with Gasteiger partial charge < -0.3 is 20.3 Å². The van der Waals surface area contributed by atoms with Gasteiger partial charge in [0.1, 0.15) is 5.75 Å². The Bertz CT molecular complexity index is 523. The number of rotatable bonds is 6. The van der Waals surface area contributed by atoms with Crippen LogP contribution in [0, 0.1) is 0 Å². The van der Waals surface area contributed by atoms with E-state index in [-0.39, 0.29) is 20.8 Å². The molecule has 1 rings (SSSR count). The molecule has 1 atom stereocenters. The summed E-state index contributed by atoms with van der Waals surface area (Å²) in [6.07, 6.45) is -1.67. The van der Waals surface area contributed by atoms with Crippen LogP contribution in [-0.4, -0.2) is 41.3 Å². The quantitative estimate of drug-likeness (QED) is 0.682. The molecule has 0 aliphatic heterocycles. The number of nitrogens with one attached hydrogen (secondary N) is 1. The zero-order valence-electron chi connectivity index (χ0n) is 9.90. The maximum Gasteiger partial charge on any atom is 0.334 e. The van der Waals surface area contributed by atoms with Crippen molar-refractivity contribution in [2.24, 2.45) is 0 Å². The molecule has 0 aromatic heterocycles. The molecule has 110 valence electrons. The van der Waals surface area contributed by atoms with Gasteiger partial charge >= 0.3 is 5.97 Å². The Hall–Kier alpha value is -1.21. The second-order valence-corrected chi connectivity index (χ2v) is 4.87. The summed E-state index contributed by atoms with van der Waals surface area (Å²) >= 11 is 17.3. The lowest BCUT2D eigenvalue weighted by atomic mass is 10.3. The van der Waals surface area contributed by atoms with E-state index in [2.05, 4.69) is 5.32 Å². The van der Waals surface area contributed by atoms with Crippen molar-refractivity contribution in [3.63, 3.8) is 0 Å². The molecular formula is C11H10Cl3NO5. The van der Waals surface area contributed by atoms with Gasteiger partial charge in [-0.25, -0.2) is 4.79 Å². The van der Waals surface area contributed by atoms with Crippen LogP contribution in [0.4, 0.5) is 0 Å². The van der Waals surface area contributed by atoms with Crippen molar-refractivity contribution < 1.29 is 24.5 Å². The van der Waals surface area contributed by atoms with Crippen LogP contribution in [0.25, 0.3) is 0 Å². The van der Waals surface area contributed by atoms with Crippen LogP contribution < -0.4 is 10.1 Å². The van der Waals surface area contributed by atoms with Crippen molar-refractivity contribution in [1.29, 1.82) is 0 Å². The number of carboxylic acids is 1. The van der Waals surface area contributed by atoms with Gasteiger partial charge in [0.05, 0.1) is 21.6 Å². The average Bonchev–Trinajstić information content (AvgIpc) is 2.38. The molecule has 0 spiro atoms. The molecule has 1 amide bonds. The van der Waals surface area contributed by atoms with Gasteiger partial charge in [-0.2, -0.15) is 0 Å². The Labute approximate surface area is 129 Å². The number of aliphatic carboxylic acids is 1. The van der Waals surface area contributed by atoms with Crippen molar-refractivity contribution >= 4 is 46.7 Å². The minimum Gasteiger partial charge on any atom is -0.482 e. The molecule has 0 saturated heterocycles. The molecule has 0 aliphatic rings. The smallest absolute Gasteiger partial charge is 0.334 e. The second kappa shape index (κ2) is 7.54. The van der Waals surface area contributed by atoms with Crippen LogP contribution in [0.15, 0.2) is 12.1 Å². The van der Waals surface area contributed by atoms with Crippen LogP contribution in [-0.2, 0) is 9.59 Å². The number of hydrogen-bond donors (Lipinski definition) is 3. The summed E-state index contributed by atoms with van der Waals surface area (Å²) in [6.45, 7) is -0.837. The standard InChI is InChI=1S/C11H10Cl3NO5/c12-5-1-7(14)9(2-6(5)13)20-4-10(17)15-3-8(16)11(18)19/h1-2,8,16H,3-4H2,(H,15,17)(H,18,19)/t8-/m0/s1. The number of halogens is 3. The summed E-state index contributed by atoms with van der Waals surface area (Å²) in [5.74, 6) is -1.89. The van der Waals surface area contributed by atoms with Crippen molar-refractivity contribution in [2.45, 2.75) is 6.10 Å². The zero-order valence-corrected chi connectivity index (χ0v) is 12.2. The number of aliphatic hydroxyl groups is 1. The number of hydrogen-bond acceptors (Lipinski definition) is 4. The van der Waals surface area contributed by atoms with E-state index in [0.29, 0.717) is 0 Å². The molecule has 0 aliphatic carbocycles. The molecule has 6 nitrogen and oxygen atoms in total. The average molecular weight is 343 g/mol. The summed E-state index contributed by atoms with van der Waals surface area (Å²) in [5.41, 5.74) is 0. The first-order chi connectivity index (χ1) is 9.31. The predicted octanol–water partition coefficient (Wildman–Crippen LogP) is 1.59. The van der Waals surface area contributed by atoms with Gasteiger partial charge in [0.25, 0.3) is 5.91 Å². The lowest BCUT2D eigenvalue weighted by Gasteiger charge is -2.10. The highest BCUT2D eigenvalue weighted by molar-refractivity contribution is 6.43. The number of benzene rings is 1. The van der Waals surface area contributed by atoms with E-state index in [0.717, 1.165) is 0 Å². The maximum atomic E-state index is 11.4. The van der Waals surface area contributed by atoms with Crippen LogP contribution in [0.5, 0.6) is 5.75 Å². The highest BCUT2D eigenvalue weighted by Crippen LogP contribution is 2.33. The Balaban J connectivity index is 2.49. The minimum atomic E-state index is -1.67. The molecule has 1 aromatic carbocycles. The Morgan fingerprint density at radius 1 is 1.20 bits per heavy atom. The summed E-state index contributed by atoms with van der Waals surface area (Å²) in [4.78, 5) is 21.7. The largest absolute Gasteiger partial charge is 0.482 e. The maximum absolute atomic E-state index is 11.4. The molecule has 0 fully saturated rings. The zero-order chi connectivity index (χ0) is 15.3. The molecule has 0 unspecified atom stereocenters. The molecule has 0 heterocycles. The number of carboxylic acid groups (broad SMARTS) is 1. The van der Waals surface area contributed by atoms with Crippen LogP contribution >= 0.6 is 34.8 Å². The predicted molar refractivity (Wildman–Crippen MR) is 73.6 cm³/mol. The third-order valence-corrected chi connectivity index (χ3v) is 3.13. The van der Waals surface area contributed by atoms with Crippen LogP contribution in [0.3, 0.4) is 0 Å². The first-order valence-electron chi connectivity index (χ1n) is 5.26. The van der Waals surface area contributed by atoms with E-state index in [4.69, 9.17) is 49.8 Å². The first kappa shape index (κ1) is 16.8. The lowest BCUT2D eigenvalue weighted by Crippen LogP contribution is -2.38. The number of aliphatic hydroxyl groups excluding tert-OH is 1. The van der Waals surface area contributed by atoms with Crippen LogP contribution in [0.2, 0.25) is 15.1 Å². The van der Waals surface area contributed by atoms with Gasteiger partial charge in [-0.1, -0.05) is 34.8 Å². The fourth-order valence-corrected chi connectivity index (χ4v) is 1.70. The topological polar surface area (TPSA) is 95.9 Å². The van der Waals surface area contributed by atoms with Crippen molar-refractivity contribution in [1.82, 2.24) is 5.32 Å². The van der Waals surface area contributed by atoms with Gasteiger partial charge in [-0.05, 0) is 6.07 Å². The van der Waals surface area contributed by atoms with E-state index >= 15 is 0 Å². The second-order valence-electron chi connectivity index (χ2n) is 3.64. The van der Waals surface area contributed by atoms with Gasteiger partial charge in [0, 0.05) is 6.07 Å². The SMILES string of the molecule is O=C(COc1cc(Cl)c(Cl)cc1Cl)NC[C@H](O)C(=O)O. The third-order valence-electron chi connectivity index (χ3n) is 2.11. The molecular weight excluding hydrogens is 332 g/mol. The monoisotopic (exact) mass is 341 g/mol. The highest BCUT2D eigenvalue weighted by atomic mass is 35.5. The number of carbonyl (C=O) groups is 2. The Morgan fingerprint density at radius 3 is 2.40 bits per heavy atom. The van der Waals surface area contributed by atoms with E-state index in [1.807, 2.05) is 0 Å².